The molecular formula is C12H15NO4S2. The van der Waals surface area contributed by atoms with Gasteiger partial charge in [0.1, 0.15) is 5.25 Å². The Hall–Kier alpha value is -1.08. The monoisotopic (exact) mass is 301 g/mol. The second-order valence-electron chi connectivity index (χ2n) is 4.48. The molecule has 7 heteroatoms. The van der Waals surface area contributed by atoms with Gasteiger partial charge in [-0.1, -0.05) is 18.7 Å². The number of carboxylic acids is 2. The van der Waals surface area contributed by atoms with Crippen LogP contribution in [0.2, 0.25) is 0 Å². The predicted molar refractivity (Wildman–Crippen MR) is 72.8 cm³/mol. The summed E-state index contributed by atoms with van der Waals surface area (Å²) in [7, 11) is 0. The maximum absolute atomic E-state index is 11.0. The molecule has 0 amide bonds. The number of nitrogens with zero attached hydrogens (tertiary/aromatic N) is 1. The van der Waals surface area contributed by atoms with Crippen LogP contribution in [0.25, 0.3) is 0 Å². The van der Waals surface area contributed by atoms with Crippen molar-refractivity contribution in [2.24, 2.45) is 5.92 Å². The van der Waals surface area contributed by atoms with Gasteiger partial charge in [-0.05, 0) is 25.7 Å². The Morgan fingerprint density at radius 2 is 2.26 bits per heavy atom. The second-order valence-corrected chi connectivity index (χ2v) is 7.01. The summed E-state index contributed by atoms with van der Waals surface area (Å²) in [6, 6.07) is 0. The van der Waals surface area contributed by atoms with Crippen molar-refractivity contribution in [1.82, 2.24) is 4.98 Å². The summed E-state index contributed by atoms with van der Waals surface area (Å²) in [5.41, 5.74) is 0.949. The number of carboxylic acid groups (broad SMARTS) is 2. The normalized spacial score (nSPS) is 19.7. The summed E-state index contributed by atoms with van der Waals surface area (Å²) in [4.78, 5) is 27.4. The van der Waals surface area contributed by atoms with Crippen LogP contribution in [0.5, 0.6) is 0 Å². The average molecular weight is 301 g/mol. The molecule has 2 unspecified atom stereocenters. The lowest BCUT2D eigenvalue weighted by atomic mass is 9.91. The molecule has 2 rings (SSSR count). The van der Waals surface area contributed by atoms with Crippen LogP contribution >= 0.6 is 23.1 Å². The highest BCUT2D eigenvalue weighted by Crippen LogP contribution is 2.36. The zero-order chi connectivity index (χ0) is 14.0. The highest BCUT2D eigenvalue weighted by atomic mass is 32.2. The Balaban J connectivity index is 2.10. The fraction of sp³-hybridized carbons (Fsp3) is 0.583. The van der Waals surface area contributed by atoms with E-state index in [4.69, 9.17) is 10.2 Å². The maximum Gasteiger partial charge on any atom is 0.317 e. The molecular weight excluding hydrogens is 286 g/mol. The molecule has 0 aliphatic heterocycles. The van der Waals surface area contributed by atoms with Crippen molar-refractivity contribution >= 4 is 35.0 Å². The highest BCUT2D eigenvalue weighted by Gasteiger charge is 2.28. The molecule has 0 aromatic carbocycles. The third-order valence-electron chi connectivity index (χ3n) is 3.16. The number of aromatic nitrogens is 1. The van der Waals surface area contributed by atoms with E-state index in [2.05, 4.69) is 4.98 Å². The van der Waals surface area contributed by atoms with Gasteiger partial charge in [0, 0.05) is 4.88 Å². The lowest BCUT2D eigenvalue weighted by Crippen LogP contribution is -2.21. The molecule has 1 aliphatic carbocycles. The molecule has 0 spiro atoms. The van der Waals surface area contributed by atoms with Crippen LogP contribution in [0.3, 0.4) is 0 Å². The van der Waals surface area contributed by atoms with Crippen molar-refractivity contribution in [2.45, 2.75) is 42.2 Å². The molecule has 1 aromatic rings. The molecule has 2 N–H and O–H groups in total. The third-order valence-corrected chi connectivity index (χ3v) is 5.72. The van der Waals surface area contributed by atoms with Gasteiger partial charge in [0.15, 0.2) is 4.34 Å². The van der Waals surface area contributed by atoms with Gasteiger partial charge in [-0.3, -0.25) is 9.59 Å². The molecule has 0 saturated carbocycles. The SMILES string of the molecule is CCC(Sc1nc2c(s1)CC(C(=O)O)CC2)C(=O)O. The zero-order valence-corrected chi connectivity index (χ0v) is 12.1. The number of thioether (sulfide) groups is 1. The predicted octanol–water partition coefficient (Wildman–Crippen LogP) is 2.29. The fourth-order valence-corrected chi connectivity index (χ4v) is 4.48. The molecule has 104 valence electrons. The van der Waals surface area contributed by atoms with Gasteiger partial charge in [-0.2, -0.15) is 0 Å². The molecule has 2 atom stereocenters. The Morgan fingerprint density at radius 1 is 1.53 bits per heavy atom. The first kappa shape index (κ1) is 14.3. The number of aliphatic carboxylic acids is 2. The summed E-state index contributed by atoms with van der Waals surface area (Å²) < 4.78 is 0.741. The molecule has 1 heterocycles. The Morgan fingerprint density at radius 3 is 2.84 bits per heavy atom. The minimum Gasteiger partial charge on any atom is -0.481 e. The van der Waals surface area contributed by atoms with Gasteiger partial charge in [-0.15, -0.1) is 11.3 Å². The number of fused-ring (bicyclic) bond motifs is 1. The van der Waals surface area contributed by atoms with Gasteiger partial charge in [-0.25, -0.2) is 4.98 Å². The molecule has 0 saturated heterocycles. The van der Waals surface area contributed by atoms with Crippen LogP contribution in [-0.4, -0.2) is 32.4 Å². The molecule has 19 heavy (non-hydrogen) atoms. The maximum atomic E-state index is 11.0. The van der Waals surface area contributed by atoms with E-state index in [1.807, 2.05) is 6.92 Å². The smallest absolute Gasteiger partial charge is 0.317 e. The van der Waals surface area contributed by atoms with Crippen molar-refractivity contribution < 1.29 is 19.8 Å². The first-order valence-corrected chi connectivity index (χ1v) is 7.81. The van der Waals surface area contributed by atoms with E-state index in [1.165, 1.54) is 23.1 Å². The van der Waals surface area contributed by atoms with Gasteiger partial charge in [0.2, 0.25) is 0 Å². The first-order chi connectivity index (χ1) is 9.01. The summed E-state index contributed by atoms with van der Waals surface area (Å²) in [5, 5.41) is 17.6. The van der Waals surface area contributed by atoms with Gasteiger partial charge < -0.3 is 10.2 Å². The third kappa shape index (κ3) is 3.27. The quantitative estimate of drug-likeness (QED) is 0.811. The van der Waals surface area contributed by atoms with Gasteiger partial charge in [0.25, 0.3) is 0 Å². The van der Waals surface area contributed by atoms with Crippen molar-refractivity contribution in [3.8, 4) is 0 Å². The summed E-state index contributed by atoms with van der Waals surface area (Å²) >= 11 is 2.70. The number of thiazole rings is 1. The van der Waals surface area contributed by atoms with E-state index in [0.717, 1.165) is 14.9 Å². The Kier molecular flexibility index (Phi) is 4.46. The number of hydrogen-bond donors (Lipinski definition) is 2. The summed E-state index contributed by atoms with van der Waals surface area (Å²) in [6.07, 6.45) is 2.36. The average Bonchev–Trinajstić information content (AvgIpc) is 2.76. The van der Waals surface area contributed by atoms with Gasteiger partial charge in [0.05, 0.1) is 11.6 Å². The number of carbonyl (C=O) groups is 2. The molecule has 0 bridgehead atoms. The first-order valence-electron chi connectivity index (χ1n) is 6.12. The summed E-state index contributed by atoms with van der Waals surface area (Å²) in [5.74, 6) is -1.92. The fourth-order valence-electron chi connectivity index (χ4n) is 2.04. The van der Waals surface area contributed by atoms with E-state index in [9.17, 15) is 9.59 Å². The molecule has 0 radical (unpaired) electrons. The van der Waals surface area contributed by atoms with Crippen LogP contribution in [0.15, 0.2) is 4.34 Å². The van der Waals surface area contributed by atoms with E-state index < -0.39 is 17.2 Å². The zero-order valence-electron chi connectivity index (χ0n) is 10.5. The van der Waals surface area contributed by atoms with Crippen molar-refractivity contribution in [1.29, 1.82) is 0 Å². The minimum absolute atomic E-state index is 0.327. The number of aryl methyl sites for hydroxylation is 1. The van der Waals surface area contributed by atoms with Crippen molar-refractivity contribution in [3.63, 3.8) is 0 Å². The molecule has 0 fully saturated rings. The van der Waals surface area contributed by atoms with Gasteiger partial charge >= 0.3 is 11.9 Å². The van der Waals surface area contributed by atoms with Crippen molar-refractivity contribution in [2.75, 3.05) is 0 Å². The number of hydrogen-bond acceptors (Lipinski definition) is 5. The van der Waals surface area contributed by atoms with E-state index in [1.54, 1.807) is 0 Å². The molecule has 5 nitrogen and oxygen atoms in total. The van der Waals surface area contributed by atoms with Crippen LogP contribution in [0.1, 0.15) is 30.3 Å². The largest absolute Gasteiger partial charge is 0.481 e. The second kappa shape index (κ2) is 5.92. The summed E-state index contributed by atoms with van der Waals surface area (Å²) in [6.45, 7) is 1.83. The lowest BCUT2D eigenvalue weighted by molar-refractivity contribution is -0.142. The van der Waals surface area contributed by atoms with Crippen LogP contribution < -0.4 is 0 Å². The van der Waals surface area contributed by atoms with E-state index in [0.29, 0.717) is 25.7 Å². The number of rotatable bonds is 5. The molecule has 1 aliphatic rings. The molecule has 1 aromatic heterocycles. The van der Waals surface area contributed by atoms with E-state index in [-0.39, 0.29) is 5.92 Å². The Bertz CT molecular complexity index is 500. The lowest BCUT2D eigenvalue weighted by Gasteiger charge is -2.16. The minimum atomic E-state index is -0.830. The van der Waals surface area contributed by atoms with Crippen LogP contribution in [-0.2, 0) is 22.4 Å². The van der Waals surface area contributed by atoms with Crippen LogP contribution in [0.4, 0.5) is 0 Å². The highest BCUT2D eigenvalue weighted by molar-refractivity contribution is 8.02. The Labute approximate surface area is 119 Å². The van der Waals surface area contributed by atoms with Crippen LogP contribution in [0, 0.1) is 5.92 Å². The standard InChI is InChI=1S/C12H15NO4S2/c1-2-8(11(16)17)18-12-13-7-4-3-6(10(14)15)5-9(7)19-12/h6,8H,2-5H2,1H3,(H,14,15)(H,16,17). The van der Waals surface area contributed by atoms with E-state index >= 15 is 0 Å². The topological polar surface area (TPSA) is 87.5 Å². The van der Waals surface area contributed by atoms with Crippen molar-refractivity contribution in [3.05, 3.63) is 10.6 Å².